The molecule has 0 spiro atoms. The van der Waals surface area contributed by atoms with Crippen molar-refractivity contribution in [3.05, 3.63) is 38.2 Å². The Labute approximate surface area is 96.4 Å². The minimum atomic E-state index is -1.28. The van der Waals surface area contributed by atoms with Crippen LogP contribution in [0.3, 0.4) is 0 Å². The van der Waals surface area contributed by atoms with Crippen molar-refractivity contribution in [3.8, 4) is 5.75 Å². The van der Waals surface area contributed by atoms with Gasteiger partial charge in [0.05, 0.1) is 0 Å². The lowest BCUT2D eigenvalue weighted by atomic mass is 10.1. The lowest BCUT2D eigenvalue weighted by molar-refractivity contribution is 0.392. The molecule has 0 aliphatic carbocycles. The third-order valence-electron chi connectivity index (χ3n) is 2.26. The molecular weight excluding hydrogens is 286 g/mol. The van der Waals surface area contributed by atoms with Crippen LogP contribution in [0.4, 0.5) is 8.78 Å². The van der Waals surface area contributed by atoms with Gasteiger partial charge in [-0.05, 0) is 34.5 Å². The molecule has 0 atom stereocenters. The van der Waals surface area contributed by atoms with Crippen molar-refractivity contribution < 1.29 is 18.3 Å². The quantitative estimate of drug-likeness (QED) is 0.759. The maximum atomic E-state index is 13.4. The van der Waals surface area contributed by atoms with E-state index in [-0.39, 0.29) is 9.86 Å². The van der Waals surface area contributed by atoms with E-state index in [1.54, 1.807) is 0 Å². The first-order chi connectivity index (χ1) is 7.43. The maximum absolute atomic E-state index is 13.4. The monoisotopic (exact) mass is 290 g/mol. The molecule has 3 nitrogen and oxygen atoms in total. The van der Waals surface area contributed by atoms with Crippen molar-refractivity contribution in [1.82, 2.24) is 0 Å². The maximum Gasteiger partial charge on any atom is 0.351 e. The van der Waals surface area contributed by atoms with Gasteiger partial charge in [-0.15, -0.1) is 0 Å². The van der Waals surface area contributed by atoms with E-state index < -0.39 is 28.6 Å². The zero-order valence-electron chi connectivity index (χ0n) is 7.97. The van der Waals surface area contributed by atoms with Crippen molar-refractivity contribution in [2.45, 2.75) is 6.92 Å². The van der Waals surface area contributed by atoms with Gasteiger partial charge < -0.3 is 9.52 Å². The zero-order valence-corrected chi connectivity index (χ0v) is 9.56. The highest BCUT2D eigenvalue weighted by atomic mass is 79.9. The van der Waals surface area contributed by atoms with E-state index in [0.29, 0.717) is 5.56 Å². The number of phenols is 1. The smallest absolute Gasteiger partial charge is 0.351 e. The van der Waals surface area contributed by atoms with E-state index in [1.807, 2.05) is 0 Å². The van der Waals surface area contributed by atoms with Gasteiger partial charge in [-0.3, -0.25) is 0 Å². The van der Waals surface area contributed by atoms with Gasteiger partial charge in [-0.25, -0.2) is 9.18 Å². The number of aryl methyl sites for hydroxylation is 1. The molecule has 1 heterocycles. The van der Waals surface area contributed by atoms with Gasteiger partial charge in [-0.2, -0.15) is 4.39 Å². The standard InChI is InChI=1S/C10H5BrF2O3/c1-3-4-2-5(12)8(14)7(13)9(4)16-10(15)6(3)11/h2,14H,1H3. The van der Waals surface area contributed by atoms with E-state index in [4.69, 9.17) is 5.11 Å². The predicted molar refractivity (Wildman–Crippen MR) is 56.5 cm³/mol. The average molecular weight is 291 g/mol. The number of rotatable bonds is 0. The van der Waals surface area contributed by atoms with Crippen LogP contribution in [0.5, 0.6) is 5.75 Å². The molecule has 2 aromatic rings. The molecule has 0 unspecified atom stereocenters. The van der Waals surface area contributed by atoms with Crippen molar-refractivity contribution in [2.75, 3.05) is 0 Å². The van der Waals surface area contributed by atoms with Crippen LogP contribution in [-0.4, -0.2) is 5.11 Å². The van der Waals surface area contributed by atoms with E-state index in [2.05, 4.69) is 20.3 Å². The van der Waals surface area contributed by atoms with Crippen molar-refractivity contribution in [2.24, 2.45) is 0 Å². The Balaban J connectivity index is 3.08. The largest absolute Gasteiger partial charge is 0.503 e. The third-order valence-corrected chi connectivity index (χ3v) is 3.17. The molecule has 0 aliphatic heterocycles. The second-order valence-corrected chi connectivity index (χ2v) is 4.02. The summed E-state index contributed by atoms with van der Waals surface area (Å²) in [6.45, 7) is 1.51. The van der Waals surface area contributed by atoms with E-state index in [0.717, 1.165) is 6.07 Å². The van der Waals surface area contributed by atoms with E-state index >= 15 is 0 Å². The Morgan fingerprint density at radius 1 is 1.44 bits per heavy atom. The number of hydrogen-bond acceptors (Lipinski definition) is 3. The number of fused-ring (bicyclic) bond motifs is 1. The van der Waals surface area contributed by atoms with Crippen molar-refractivity contribution in [1.29, 1.82) is 0 Å². The minimum Gasteiger partial charge on any atom is -0.503 e. The Kier molecular flexibility index (Phi) is 2.46. The lowest BCUT2D eigenvalue weighted by Gasteiger charge is -2.05. The summed E-state index contributed by atoms with van der Waals surface area (Å²) in [7, 11) is 0. The molecule has 0 saturated heterocycles. The second kappa shape index (κ2) is 3.55. The molecule has 16 heavy (non-hydrogen) atoms. The predicted octanol–water partition coefficient (Wildman–Crippen LogP) is 2.85. The molecule has 0 saturated carbocycles. The van der Waals surface area contributed by atoms with Gasteiger partial charge in [0.2, 0.25) is 5.82 Å². The van der Waals surface area contributed by atoms with Crippen LogP contribution in [-0.2, 0) is 0 Å². The summed E-state index contributed by atoms with van der Waals surface area (Å²) in [5, 5.41) is 9.13. The van der Waals surface area contributed by atoms with Crippen LogP contribution in [0.2, 0.25) is 0 Å². The first kappa shape index (κ1) is 11.1. The number of phenolic OH excluding ortho intramolecular Hbond substituents is 1. The molecule has 1 N–H and O–H groups in total. The molecule has 0 radical (unpaired) electrons. The Hall–Kier alpha value is -1.43. The highest BCUT2D eigenvalue weighted by molar-refractivity contribution is 9.10. The Bertz CT molecular complexity index is 649. The Morgan fingerprint density at radius 2 is 2.06 bits per heavy atom. The molecule has 84 valence electrons. The van der Waals surface area contributed by atoms with Gasteiger partial charge in [0.25, 0.3) is 0 Å². The summed E-state index contributed by atoms with van der Waals surface area (Å²) < 4.78 is 31.2. The van der Waals surface area contributed by atoms with Gasteiger partial charge in [-0.1, -0.05) is 0 Å². The van der Waals surface area contributed by atoms with Crippen LogP contribution in [0.1, 0.15) is 5.56 Å². The van der Waals surface area contributed by atoms with Crippen LogP contribution in [0, 0.1) is 18.6 Å². The molecule has 1 aromatic carbocycles. The fourth-order valence-electron chi connectivity index (χ4n) is 1.38. The molecule has 1 aromatic heterocycles. The lowest BCUT2D eigenvalue weighted by Crippen LogP contribution is -2.03. The SMILES string of the molecule is Cc1c(Br)c(=O)oc2c(F)c(O)c(F)cc12. The molecule has 0 fully saturated rings. The summed E-state index contributed by atoms with van der Waals surface area (Å²) in [6, 6.07) is 0.913. The summed E-state index contributed by atoms with van der Waals surface area (Å²) in [4.78, 5) is 11.2. The molecule has 0 amide bonds. The zero-order chi connectivity index (χ0) is 12.0. The highest BCUT2D eigenvalue weighted by Gasteiger charge is 2.18. The molecule has 0 aliphatic rings. The summed E-state index contributed by atoms with van der Waals surface area (Å²) in [5.74, 6) is -3.53. The highest BCUT2D eigenvalue weighted by Crippen LogP contribution is 2.31. The van der Waals surface area contributed by atoms with Gasteiger partial charge in [0, 0.05) is 5.39 Å². The van der Waals surface area contributed by atoms with Gasteiger partial charge in [0.1, 0.15) is 4.47 Å². The fraction of sp³-hybridized carbons (Fsp3) is 0.100. The number of hydrogen-bond donors (Lipinski definition) is 1. The summed E-state index contributed by atoms with van der Waals surface area (Å²) >= 11 is 2.95. The third kappa shape index (κ3) is 1.41. The van der Waals surface area contributed by atoms with Gasteiger partial charge in [0.15, 0.2) is 17.1 Å². The molecule has 2 rings (SSSR count). The topological polar surface area (TPSA) is 50.4 Å². The summed E-state index contributed by atoms with van der Waals surface area (Å²) in [6.07, 6.45) is 0. The molecular formula is C10H5BrF2O3. The van der Waals surface area contributed by atoms with Crippen LogP contribution in [0.25, 0.3) is 11.0 Å². The number of aromatic hydroxyl groups is 1. The number of halogens is 3. The molecule has 0 bridgehead atoms. The Morgan fingerprint density at radius 3 is 2.69 bits per heavy atom. The van der Waals surface area contributed by atoms with Crippen LogP contribution < -0.4 is 5.63 Å². The minimum absolute atomic E-state index is 0.0966. The fourth-order valence-corrected chi connectivity index (χ4v) is 1.67. The van der Waals surface area contributed by atoms with E-state index in [9.17, 15) is 13.6 Å². The molecule has 6 heteroatoms. The normalized spacial score (nSPS) is 11.0. The van der Waals surface area contributed by atoms with Crippen molar-refractivity contribution in [3.63, 3.8) is 0 Å². The second-order valence-electron chi connectivity index (χ2n) is 3.23. The van der Waals surface area contributed by atoms with E-state index in [1.165, 1.54) is 6.92 Å². The number of benzene rings is 1. The van der Waals surface area contributed by atoms with Crippen molar-refractivity contribution >= 4 is 26.9 Å². The first-order valence-corrected chi connectivity index (χ1v) is 5.02. The average Bonchev–Trinajstić information content (AvgIpc) is 2.25. The first-order valence-electron chi connectivity index (χ1n) is 4.23. The van der Waals surface area contributed by atoms with Crippen LogP contribution >= 0.6 is 15.9 Å². The van der Waals surface area contributed by atoms with Crippen LogP contribution in [0.15, 0.2) is 19.8 Å². The van der Waals surface area contributed by atoms with Gasteiger partial charge >= 0.3 is 5.63 Å². The summed E-state index contributed by atoms with van der Waals surface area (Å²) in [5.41, 5.74) is -0.886.